The third kappa shape index (κ3) is 5.23. The molecular weight excluding hydrogens is 285 g/mol. The van der Waals surface area contributed by atoms with Gasteiger partial charge in [-0.1, -0.05) is 12.1 Å². The second-order valence-electron chi connectivity index (χ2n) is 4.85. The Morgan fingerprint density at radius 3 is 2.86 bits per heavy atom. The minimum absolute atomic E-state index is 0.0481. The highest BCUT2D eigenvalue weighted by Gasteiger charge is 2.11. The van der Waals surface area contributed by atoms with Gasteiger partial charge in [0, 0.05) is 31.2 Å². The molecule has 116 valence electrons. The lowest BCUT2D eigenvalue weighted by Gasteiger charge is -2.20. The van der Waals surface area contributed by atoms with Gasteiger partial charge in [0.1, 0.15) is 5.82 Å². The number of pyridine rings is 1. The number of hydrogen-bond donors (Lipinski definition) is 2. The van der Waals surface area contributed by atoms with Crippen LogP contribution in [0.4, 0.5) is 10.1 Å². The SMILES string of the molecule is O=C(CN(CCO)Cc1cccnc1)Nc1cccc(F)c1. The monoisotopic (exact) mass is 303 g/mol. The fourth-order valence-corrected chi connectivity index (χ4v) is 2.08. The summed E-state index contributed by atoms with van der Waals surface area (Å²) in [5.41, 5.74) is 1.37. The molecule has 1 aromatic carbocycles. The van der Waals surface area contributed by atoms with E-state index in [0.717, 1.165) is 5.56 Å². The van der Waals surface area contributed by atoms with Crippen molar-refractivity contribution in [2.45, 2.75) is 6.54 Å². The summed E-state index contributed by atoms with van der Waals surface area (Å²) in [4.78, 5) is 17.8. The molecule has 0 saturated carbocycles. The number of nitrogens with one attached hydrogen (secondary N) is 1. The number of halogens is 1. The molecule has 22 heavy (non-hydrogen) atoms. The van der Waals surface area contributed by atoms with Gasteiger partial charge in [-0.3, -0.25) is 14.7 Å². The van der Waals surface area contributed by atoms with Crippen LogP contribution in [0.25, 0.3) is 0 Å². The Bertz CT molecular complexity index is 607. The standard InChI is InChI=1S/C16H18FN3O2/c17-14-4-1-5-15(9-14)19-16(22)12-20(7-8-21)11-13-3-2-6-18-10-13/h1-6,9-10,21H,7-8,11-12H2,(H,19,22). The molecule has 5 nitrogen and oxygen atoms in total. The van der Waals surface area contributed by atoms with Crippen molar-refractivity contribution >= 4 is 11.6 Å². The molecule has 0 aliphatic rings. The maximum atomic E-state index is 13.1. The normalized spacial score (nSPS) is 10.7. The fourth-order valence-electron chi connectivity index (χ4n) is 2.08. The summed E-state index contributed by atoms with van der Waals surface area (Å²) in [6.07, 6.45) is 3.39. The lowest BCUT2D eigenvalue weighted by Crippen LogP contribution is -2.34. The molecule has 0 unspecified atom stereocenters. The van der Waals surface area contributed by atoms with Crippen LogP contribution in [0.5, 0.6) is 0 Å². The van der Waals surface area contributed by atoms with Crippen LogP contribution in [0.15, 0.2) is 48.8 Å². The van der Waals surface area contributed by atoms with Crippen molar-refractivity contribution in [3.63, 3.8) is 0 Å². The van der Waals surface area contributed by atoms with E-state index in [1.54, 1.807) is 23.4 Å². The van der Waals surface area contributed by atoms with E-state index in [-0.39, 0.29) is 19.1 Å². The van der Waals surface area contributed by atoms with Crippen LogP contribution in [0, 0.1) is 5.82 Å². The number of carbonyl (C=O) groups is 1. The fraction of sp³-hybridized carbons (Fsp3) is 0.250. The number of benzene rings is 1. The van der Waals surface area contributed by atoms with E-state index in [0.29, 0.717) is 18.8 Å². The van der Waals surface area contributed by atoms with Gasteiger partial charge in [-0.2, -0.15) is 0 Å². The molecule has 1 amide bonds. The summed E-state index contributed by atoms with van der Waals surface area (Å²) >= 11 is 0. The first-order valence-corrected chi connectivity index (χ1v) is 6.95. The summed E-state index contributed by atoms with van der Waals surface area (Å²) in [7, 11) is 0. The number of aliphatic hydroxyl groups is 1. The zero-order valence-electron chi connectivity index (χ0n) is 12.1. The van der Waals surface area contributed by atoms with Crippen LogP contribution in [-0.4, -0.2) is 40.6 Å². The molecule has 2 N–H and O–H groups in total. The lowest BCUT2D eigenvalue weighted by molar-refractivity contribution is -0.117. The number of aliphatic hydroxyl groups excluding tert-OH is 1. The second-order valence-corrected chi connectivity index (χ2v) is 4.85. The van der Waals surface area contributed by atoms with Gasteiger partial charge in [-0.15, -0.1) is 0 Å². The molecular formula is C16H18FN3O2. The van der Waals surface area contributed by atoms with Gasteiger partial charge in [0.25, 0.3) is 0 Å². The van der Waals surface area contributed by atoms with Crippen LogP contribution in [0.1, 0.15) is 5.56 Å². The zero-order valence-corrected chi connectivity index (χ0v) is 12.1. The van der Waals surface area contributed by atoms with Gasteiger partial charge in [-0.25, -0.2) is 4.39 Å². The van der Waals surface area contributed by atoms with E-state index in [1.807, 2.05) is 12.1 Å². The maximum absolute atomic E-state index is 13.1. The van der Waals surface area contributed by atoms with Gasteiger partial charge in [0.05, 0.1) is 13.2 Å². The lowest BCUT2D eigenvalue weighted by atomic mass is 10.2. The molecule has 0 aliphatic carbocycles. The molecule has 0 radical (unpaired) electrons. The molecule has 1 heterocycles. The summed E-state index contributed by atoms with van der Waals surface area (Å²) in [6.45, 7) is 0.926. The average Bonchev–Trinajstić information content (AvgIpc) is 2.48. The molecule has 0 saturated heterocycles. The molecule has 0 bridgehead atoms. The van der Waals surface area contributed by atoms with Crippen molar-refractivity contribution in [3.05, 3.63) is 60.2 Å². The molecule has 0 spiro atoms. The summed E-state index contributed by atoms with van der Waals surface area (Å²) in [5.74, 6) is -0.664. The zero-order chi connectivity index (χ0) is 15.8. The first kappa shape index (κ1) is 16.1. The number of hydrogen-bond acceptors (Lipinski definition) is 4. The highest BCUT2D eigenvalue weighted by atomic mass is 19.1. The molecule has 6 heteroatoms. The Kier molecular flexibility index (Phi) is 6.00. The van der Waals surface area contributed by atoms with Gasteiger partial charge < -0.3 is 10.4 Å². The van der Waals surface area contributed by atoms with Crippen molar-refractivity contribution in [3.8, 4) is 0 Å². The average molecular weight is 303 g/mol. The first-order chi connectivity index (χ1) is 10.7. The molecule has 2 rings (SSSR count). The van der Waals surface area contributed by atoms with Crippen LogP contribution < -0.4 is 5.32 Å². The number of aromatic nitrogens is 1. The molecule has 0 fully saturated rings. The Morgan fingerprint density at radius 1 is 1.32 bits per heavy atom. The number of carbonyl (C=O) groups excluding carboxylic acids is 1. The maximum Gasteiger partial charge on any atom is 0.238 e. The van der Waals surface area contributed by atoms with Crippen molar-refractivity contribution in [1.29, 1.82) is 0 Å². The minimum atomic E-state index is -0.402. The van der Waals surface area contributed by atoms with Crippen molar-refractivity contribution < 1.29 is 14.3 Å². The molecule has 1 aromatic heterocycles. The van der Waals surface area contributed by atoms with Crippen LogP contribution in [-0.2, 0) is 11.3 Å². The summed E-state index contributed by atoms with van der Waals surface area (Å²) in [6, 6.07) is 9.46. The Hall–Kier alpha value is -2.31. The predicted octanol–water partition coefficient (Wildman–Crippen LogP) is 1.65. The summed E-state index contributed by atoms with van der Waals surface area (Å²) in [5, 5.41) is 11.8. The van der Waals surface area contributed by atoms with Crippen LogP contribution >= 0.6 is 0 Å². The summed E-state index contributed by atoms with van der Waals surface area (Å²) < 4.78 is 13.1. The van der Waals surface area contributed by atoms with Gasteiger partial charge in [-0.05, 0) is 29.8 Å². The second kappa shape index (κ2) is 8.21. The number of anilines is 1. The van der Waals surface area contributed by atoms with Crippen molar-refractivity contribution in [1.82, 2.24) is 9.88 Å². The third-order valence-electron chi connectivity index (χ3n) is 3.02. The predicted molar refractivity (Wildman–Crippen MR) is 81.6 cm³/mol. The quantitative estimate of drug-likeness (QED) is 0.816. The largest absolute Gasteiger partial charge is 0.395 e. The highest BCUT2D eigenvalue weighted by Crippen LogP contribution is 2.09. The number of nitrogens with zero attached hydrogens (tertiary/aromatic N) is 2. The van der Waals surface area contributed by atoms with Crippen LogP contribution in [0.2, 0.25) is 0 Å². The Balaban J connectivity index is 1.93. The van der Waals surface area contributed by atoms with Gasteiger partial charge >= 0.3 is 0 Å². The van der Waals surface area contributed by atoms with E-state index in [2.05, 4.69) is 10.3 Å². The van der Waals surface area contributed by atoms with Crippen molar-refractivity contribution in [2.24, 2.45) is 0 Å². The Morgan fingerprint density at radius 2 is 2.18 bits per heavy atom. The van der Waals surface area contributed by atoms with Crippen LogP contribution in [0.3, 0.4) is 0 Å². The van der Waals surface area contributed by atoms with E-state index in [1.165, 1.54) is 18.2 Å². The van der Waals surface area contributed by atoms with E-state index in [4.69, 9.17) is 5.11 Å². The Labute approximate surface area is 128 Å². The highest BCUT2D eigenvalue weighted by molar-refractivity contribution is 5.92. The van der Waals surface area contributed by atoms with E-state index >= 15 is 0 Å². The number of rotatable bonds is 7. The van der Waals surface area contributed by atoms with Gasteiger partial charge in [0.2, 0.25) is 5.91 Å². The smallest absolute Gasteiger partial charge is 0.238 e. The molecule has 0 atom stereocenters. The van der Waals surface area contributed by atoms with E-state index in [9.17, 15) is 9.18 Å². The third-order valence-corrected chi connectivity index (χ3v) is 3.02. The van der Waals surface area contributed by atoms with Gasteiger partial charge in [0.15, 0.2) is 0 Å². The van der Waals surface area contributed by atoms with E-state index < -0.39 is 5.82 Å². The topological polar surface area (TPSA) is 65.5 Å². The van der Waals surface area contributed by atoms with Crippen molar-refractivity contribution in [2.75, 3.05) is 25.0 Å². The number of amides is 1. The molecule has 2 aromatic rings. The first-order valence-electron chi connectivity index (χ1n) is 6.95. The minimum Gasteiger partial charge on any atom is -0.395 e. The molecule has 0 aliphatic heterocycles.